The quantitative estimate of drug-likeness (QED) is 0.237. The van der Waals surface area contributed by atoms with Crippen molar-refractivity contribution < 1.29 is 9.47 Å². The molecule has 0 aromatic rings. The second-order valence-electron chi connectivity index (χ2n) is 6.58. The zero-order valence-corrected chi connectivity index (χ0v) is 17.6. The van der Waals surface area contributed by atoms with Gasteiger partial charge in [0, 0.05) is 32.8 Å². The molecule has 2 atom stereocenters. The number of guanidine groups is 1. The maximum Gasteiger partial charge on any atom is 0.191 e. The highest BCUT2D eigenvalue weighted by atomic mass is 127. The van der Waals surface area contributed by atoms with Crippen LogP contribution in [0.5, 0.6) is 0 Å². The first kappa shape index (κ1) is 22.9. The summed E-state index contributed by atoms with van der Waals surface area (Å²) in [6.45, 7) is 10.0. The molecule has 2 unspecified atom stereocenters. The van der Waals surface area contributed by atoms with E-state index in [1.54, 1.807) is 0 Å². The topological polar surface area (TPSA) is 54.9 Å². The lowest BCUT2D eigenvalue weighted by molar-refractivity contribution is 0.0168. The van der Waals surface area contributed by atoms with E-state index in [-0.39, 0.29) is 24.0 Å². The standard InChI is InChI=1S/C17H35N3O2.HI/c1-14(2)8-9-15(3)20-17(18-4)19-10-6-11-21-13-16-7-5-12-22-16;/h14-16H,5-13H2,1-4H3,(H2,18,19,20);1H. The monoisotopic (exact) mass is 441 g/mol. The molecule has 0 amide bonds. The first-order valence-electron chi connectivity index (χ1n) is 8.78. The number of ether oxygens (including phenoxy) is 2. The molecule has 1 fully saturated rings. The highest BCUT2D eigenvalue weighted by Crippen LogP contribution is 2.11. The Morgan fingerprint density at radius 1 is 1.30 bits per heavy atom. The molecule has 0 aliphatic carbocycles. The van der Waals surface area contributed by atoms with Gasteiger partial charge in [-0.15, -0.1) is 24.0 Å². The Hall–Kier alpha value is -0.0800. The van der Waals surface area contributed by atoms with Crippen LogP contribution in [0.3, 0.4) is 0 Å². The molecule has 2 N–H and O–H groups in total. The molecular weight excluding hydrogens is 405 g/mol. The van der Waals surface area contributed by atoms with Gasteiger partial charge >= 0.3 is 0 Å². The van der Waals surface area contributed by atoms with Crippen LogP contribution in [0, 0.1) is 5.92 Å². The summed E-state index contributed by atoms with van der Waals surface area (Å²) in [5.41, 5.74) is 0. The van der Waals surface area contributed by atoms with E-state index in [9.17, 15) is 0 Å². The van der Waals surface area contributed by atoms with Crippen LogP contribution in [0.25, 0.3) is 0 Å². The first-order valence-corrected chi connectivity index (χ1v) is 8.78. The molecule has 0 saturated carbocycles. The lowest BCUT2D eigenvalue weighted by Gasteiger charge is -2.18. The van der Waals surface area contributed by atoms with Gasteiger partial charge < -0.3 is 20.1 Å². The molecule has 5 nitrogen and oxygen atoms in total. The minimum Gasteiger partial charge on any atom is -0.379 e. The van der Waals surface area contributed by atoms with Crippen LogP contribution in [-0.2, 0) is 9.47 Å². The summed E-state index contributed by atoms with van der Waals surface area (Å²) in [7, 11) is 1.82. The van der Waals surface area contributed by atoms with Crippen LogP contribution in [0.4, 0.5) is 0 Å². The maximum absolute atomic E-state index is 5.65. The van der Waals surface area contributed by atoms with E-state index in [0.29, 0.717) is 12.1 Å². The normalized spacial score (nSPS) is 19.5. The van der Waals surface area contributed by atoms with Gasteiger partial charge in [-0.1, -0.05) is 13.8 Å². The van der Waals surface area contributed by atoms with E-state index in [4.69, 9.17) is 9.47 Å². The summed E-state index contributed by atoms with van der Waals surface area (Å²) in [4.78, 5) is 4.27. The van der Waals surface area contributed by atoms with E-state index < -0.39 is 0 Å². The number of hydrogen-bond acceptors (Lipinski definition) is 3. The minimum absolute atomic E-state index is 0. The van der Waals surface area contributed by atoms with E-state index >= 15 is 0 Å². The van der Waals surface area contributed by atoms with Gasteiger partial charge in [0.25, 0.3) is 0 Å². The third kappa shape index (κ3) is 12.0. The number of aliphatic imine (C=N–C) groups is 1. The molecule has 23 heavy (non-hydrogen) atoms. The summed E-state index contributed by atoms with van der Waals surface area (Å²) in [6.07, 6.45) is 6.03. The Morgan fingerprint density at radius 3 is 2.70 bits per heavy atom. The van der Waals surface area contributed by atoms with E-state index in [2.05, 4.69) is 36.4 Å². The van der Waals surface area contributed by atoms with Crippen molar-refractivity contribution in [1.29, 1.82) is 0 Å². The third-order valence-electron chi connectivity index (χ3n) is 3.87. The van der Waals surface area contributed by atoms with Crippen LogP contribution in [0.15, 0.2) is 4.99 Å². The van der Waals surface area contributed by atoms with Gasteiger partial charge in [0.15, 0.2) is 5.96 Å². The SMILES string of the molecule is CN=C(NCCCOCC1CCCO1)NC(C)CCC(C)C.I. The number of nitrogens with one attached hydrogen (secondary N) is 2. The number of halogens is 1. The highest BCUT2D eigenvalue weighted by Gasteiger charge is 2.14. The third-order valence-corrected chi connectivity index (χ3v) is 3.87. The Kier molecular flexibility index (Phi) is 14.2. The number of rotatable bonds is 10. The first-order chi connectivity index (χ1) is 10.6. The predicted octanol–water partition coefficient (Wildman–Crippen LogP) is 3.18. The van der Waals surface area contributed by atoms with Gasteiger partial charge in [-0.05, 0) is 44.9 Å². The Bertz CT molecular complexity index is 308. The van der Waals surface area contributed by atoms with E-state index in [0.717, 1.165) is 51.1 Å². The number of nitrogens with zero attached hydrogens (tertiary/aromatic N) is 1. The van der Waals surface area contributed by atoms with Crippen molar-refractivity contribution in [3.63, 3.8) is 0 Å². The molecule has 1 saturated heterocycles. The van der Waals surface area contributed by atoms with Crippen molar-refractivity contribution in [2.75, 3.05) is 33.4 Å². The fraction of sp³-hybridized carbons (Fsp3) is 0.941. The molecule has 138 valence electrons. The second kappa shape index (κ2) is 14.3. The molecule has 6 heteroatoms. The van der Waals surface area contributed by atoms with Gasteiger partial charge in [-0.25, -0.2) is 0 Å². The van der Waals surface area contributed by atoms with Crippen molar-refractivity contribution in [3.8, 4) is 0 Å². The molecule has 0 spiro atoms. The predicted molar refractivity (Wildman–Crippen MR) is 108 cm³/mol. The average molecular weight is 441 g/mol. The zero-order chi connectivity index (χ0) is 16.2. The highest BCUT2D eigenvalue weighted by molar-refractivity contribution is 14.0. The van der Waals surface area contributed by atoms with Crippen molar-refractivity contribution in [2.45, 2.75) is 65.0 Å². The van der Waals surface area contributed by atoms with Crippen LogP contribution < -0.4 is 10.6 Å². The van der Waals surface area contributed by atoms with Gasteiger partial charge in [-0.3, -0.25) is 4.99 Å². The molecule has 0 bridgehead atoms. The summed E-state index contributed by atoms with van der Waals surface area (Å²) in [6, 6.07) is 0.448. The largest absolute Gasteiger partial charge is 0.379 e. The van der Waals surface area contributed by atoms with Gasteiger partial charge in [-0.2, -0.15) is 0 Å². The van der Waals surface area contributed by atoms with Crippen molar-refractivity contribution in [2.24, 2.45) is 10.9 Å². The van der Waals surface area contributed by atoms with Gasteiger partial charge in [0.05, 0.1) is 12.7 Å². The summed E-state index contributed by atoms with van der Waals surface area (Å²) >= 11 is 0. The summed E-state index contributed by atoms with van der Waals surface area (Å²) < 4.78 is 11.2. The van der Waals surface area contributed by atoms with Crippen molar-refractivity contribution in [3.05, 3.63) is 0 Å². The molecule has 0 radical (unpaired) electrons. The van der Waals surface area contributed by atoms with Crippen molar-refractivity contribution >= 4 is 29.9 Å². The van der Waals surface area contributed by atoms with Crippen LogP contribution in [0.2, 0.25) is 0 Å². The molecule has 1 rings (SSSR count). The molecule has 1 heterocycles. The zero-order valence-electron chi connectivity index (χ0n) is 15.3. The number of hydrogen-bond donors (Lipinski definition) is 2. The fourth-order valence-electron chi connectivity index (χ4n) is 2.46. The summed E-state index contributed by atoms with van der Waals surface area (Å²) in [5.74, 6) is 1.63. The Morgan fingerprint density at radius 2 is 2.09 bits per heavy atom. The van der Waals surface area contributed by atoms with Gasteiger partial charge in [0.2, 0.25) is 0 Å². The van der Waals surface area contributed by atoms with Crippen LogP contribution in [-0.4, -0.2) is 51.5 Å². The van der Waals surface area contributed by atoms with Crippen molar-refractivity contribution in [1.82, 2.24) is 10.6 Å². The lowest BCUT2D eigenvalue weighted by Crippen LogP contribution is -2.42. The lowest BCUT2D eigenvalue weighted by atomic mass is 10.0. The molecule has 0 aromatic heterocycles. The maximum atomic E-state index is 5.65. The second-order valence-corrected chi connectivity index (χ2v) is 6.58. The average Bonchev–Trinajstić information content (AvgIpc) is 3.00. The summed E-state index contributed by atoms with van der Waals surface area (Å²) in [5, 5.41) is 6.78. The smallest absolute Gasteiger partial charge is 0.191 e. The van der Waals surface area contributed by atoms with Gasteiger partial charge in [0.1, 0.15) is 0 Å². The molecular formula is C17H36IN3O2. The minimum atomic E-state index is 0. The molecule has 0 aromatic carbocycles. The Balaban J connectivity index is 0.00000484. The van der Waals surface area contributed by atoms with E-state index in [1.165, 1.54) is 19.3 Å². The van der Waals surface area contributed by atoms with E-state index in [1.807, 2.05) is 7.05 Å². The molecule has 1 aliphatic heterocycles. The van der Waals surface area contributed by atoms with Crippen LogP contribution >= 0.6 is 24.0 Å². The van der Waals surface area contributed by atoms with Crippen LogP contribution in [0.1, 0.15) is 52.9 Å². The fourth-order valence-corrected chi connectivity index (χ4v) is 2.46. The Labute approximate surface area is 159 Å². The molecule has 1 aliphatic rings.